The molecular weight excluding hydrogens is 224 g/mol. The molecule has 1 heterocycles. The minimum Gasteiger partial charge on any atom is -0.385 e. The van der Waals surface area contributed by atoms with E-state index in [1.807, 2.05) is 18.5 Å². The summed E-state index contributed by atoms with van der Waals surface area (Å²) in [5.41, 5.74) is 1.53. The Kier molecular flexibility index (Phi) is 4.72. The van der Waals surface area contributed by atoms with Crippen LogP contribution < -0.4 is 5.32 Å². The SMILES string of the molecule is COCCC1(N[C@@H](C)c2cccnc2)CCCC1. The first-order chi connectivity index (χ1) is 8.76. The van der Waals surface area contributed by atoms with Crippen molar-refractivity contribution >= 4 is 0 Å². The molecule has 1 aliphatic rings. The molecule has 2 rings (SSSR count). The number of nitrogens with zero attached hydrogens (tertiary/aromatic N) is 1. The largest absolute Gasteiger partial charge is 0.385 e. The predicted octanol–water partition coefficient (Wildman–Crippen LogP) is 3.08. The summed E-state index contributed by atoms with van der Waals surface area (Å²) in [6, 6.07) is 4.50. The van der Waals surface area contributed by atoms with Gasteiger partial charge in [0.2, 0.25) is 0 Å². The van der Waals surface area contributed by atoms with Gasteiger partial charge in [-0.25, -0.2) is 0 Å². The first-order valence-corrected chi connectivity index (χ1v) is 6.92. The average Bonchev–Trinajstić information content (AvgIpc) is 2.86. The van der Waals surface area contributed by atoms with Gasteiger partial charge in [0.15, 0.2) is 0 Å². The molecule has 1 aromatic rings. The van der Waals surface area contributed by atoms with Crippen LogP contribution in [0.25, 0.3) is 0 Å². The molecule has 1 N–H and O–H groups in total. The van der Waals surface area contributed by atoms with Crippen LogP contribution >= 0.6 is 0 Å². The maximum atomic E-state index is 5.26. The summed E-state index contributed by atoms with van der Waals surface area (Å²) >= 11 is 0. The summed E-state index contributed by atoms with van der Waals surface area (Å²) in [4.78, 5) is 4.20. The second-order valence-corrected chi connectivity index (χ2v) is 5.38. The first kappa shape index (κ1) is 13.5. The summed E-state index contributed by atoms with van der Waals surface area (Å²) < 4.78 is 5.26. The lowest BCUT2D eigenvalue weighted by molar-refractivity contribution is 0.149. The molecule has 1 aromatic heterocycles. The van der Waals surface area contributed by atoms with Gasteiger partial charge in [-0.3, -0.25) is 4.98 Å². The lowest BCUT2D eigenvalue weighted by Gasteiger charge is -2.34. The number of ether oxygens (including phenoxy) is 1. The monoisotopic (exact) mass is 248 g/mol. The second kappa shape index (κ2) is 6.30. The molecule has 0 aliphatic heterocycles. The molecular formula is C15H24N2O. The van der Waals surface area contributed by atoms with E-state index in [-0.39, 0.29) is 5.54 Å². The van der Waals surface area contributed by atoms with Crippen molar-refractivity contribution in [1.82, 2.24) is 10.3 Å². The topological polar surface area (TPSA) is 34.1 Å². The highest BCUT2D eigenvalue weighted by Gasteiger charge is 2.34. The Labute approximate surface area is 110 Å². The molecule has 1 aliphatic carbocycles. The molecule has 100 valence electrons. The van der Waals surface area contributed by atoms with E-state index < -0.39 is 0 Å². The molecule has 1 atom stereocenters. The van der Waals surface area contributed by atoms with Gasteiger partial charge in [0.05, 0.1) is 0 Å². The van der Waals surface area contributed by atoms with Crippen LogP contribution in [-0.4, -0.2) is 24.2 Å². The Morgan fingerprint density at radius 2 is 2.22 bits per heavy atom. The van der Waals surface area contributed by atoms with E-state index >= 15 is 0 Å². The van der Waals surface area contributed by atoms with Gasteiger partial charge in [0, 0.05) is 37.7 Å². The van der Waals surface area contributed by atoms with Crippen LogP contribution in [0.4, 0.5) is 0 Å². The smallest absolute Gasteiger partial charge is 0.0479 e. The zero-order chi connectivity index (χ0) is 12.8. The van der Waals surface area contributed by atoms with Crippen molar-refractivity contribution in [2.45, 2.75) is 50.6 Å². The summed E-state index contributed by atoms with van der Waals surface area (Å²) in [6.45, 7) is 3.07. The van der Waals surface area contributed by atoms with Gasteiger partial charge >= 0.3 is 0 Å². The van der Waals surface area contributed by atoms with E-state index in [2.05, 4.69) is 23.3 Å². The fraction of sp³-hybridized carbons (Fsp3) is 0.667. The van der Waals surface area contributed by atoms with Gasteiger partial charge in [-0.05, 0) is 37.8 Å². The summed E-state index contributed by atoms with van der Waals surface area (Å²) in [7, 11) is 1.78. The van der Waals surface area contributed by atoms with Crippen molar-refractivity contribution in [2.24, 2.45) is 0 Å². The molecule has 3 heteroatoms. The molecule has 18 heavy (non-hydrogen) atoms. The van der Waals surface area contributed by atoms with E-state index in [4.69, 9.17) is 4.74 Å². The summed E-state index contributed by atoms with van der Waals surface area (Å²) in [6.07, 6.45) is 10.1. The van der Waals surface area contributed by atoms with Crippen molar-refractivity contribution in [2.75, 3.05) is 13.7 Å². The number of nitrogens with one attached hydrogen (secondary N) is 1. The van der Waals surface area contributed by atoms with E-state index in [1.165, 1.54) is 31.2 Å². The van der Waals surface area contributed by atoms with Crippen molar-refractivity contribution in [3.05, 3.63) is 30.1 Å². The Bertz CT molecular complexity index is 347. The maximum Gasteiger partial charge on any atom is 0.0479 e. The zero-order valence-electron chi connectivity index (χ0n) is 11.5. The number of pyridine rings is 1. The number of methoxy groups -OCH3 is 1. The minimum absolute atomic E-state index is 0.269. The molecule has 3 nitrogen and oxygen atoms in total. The zero-order valence-corrected chi connectivity index (χ0v) is 11.5. The van der Waals surface area contributed by atoms with Crippen molar-refractivity contribution in [3.63, 3.8) is 0 Å². The minimum atomic E-state index is 0.269. The van der Waals surface area contributed by atoms with Crippen molar-refractivity contribution in [3.8, 4) is 0 Å². The van der Waals surface area contributed by atoms with E-state index in [9.17, 15) is 0 Å². The van der Waals surface area contributed by atoms with Gasteiger partial charge in [-0.15, -0.1) is 0 Å². The molecule has 0 saturated heterocycles. The highest BCUT2D eigenvalue weighted by atomic mass is 16.5. The highest BCUT2D eigenvalue weighted by Crippen LogP contribution is 2.34. The molecule has 0 amide bonds. The van der Waals surface area contributed by atoms with Crippen LogP contribution in [0.1, 0.15) is 50.6 Å². The summed E-state index contributed by atoms with van der Waals surface area (Å²) in [5, 5.41) is 3.82. The molecule has 0 unspecified atom stereocenters. The Morgan fingerprint density at radius 3 is 2.83 bits per heavy atom. The lowest BCUT2D eigenvalue weighted by Crippen LogP contribution is -2.44. The molecule has 1 fully saturated rings. The van der Waals surface area contributed by atoms with Gasteiger partial charge in [-0.2, -0.15) is 0 Å². The molecule has 0 radical (unpaired) electrons. The Balaban J connectivity index is 2.00. The van der Waals surface area contributed by atoms with Gasteiger partial charge < -0.3 is 10.1 Å². The Hall–Kier alpha value is -0.930. The molecule has 0 aromatic carbocycles. The molecule has 0 bridgehead atoms. The number of aromatic nitrogens is 1. The third-order valence-electron chi connectivity index (χ3n) is 4.05. The fourth-order valence-electron chi connectivity index (χ4n) is 2.99. The average molecular weight is 248 g/mol. The van der Waals surface area contributed by atoms with Crippen LogP contribution in [0, 0.1) is 0 Å². The third kappa shape index (κ3) is 3.30. The number of hydrogen-bond donors (Lipinski definition) is 1. The van der Waals surface area contributed by atoms with Crippen LogP contribution in [0.3, 0.4) is 0 Å². The van der Waals surface area contributed by atoms with Crippen LogP contribution in [-0.2, 0) is 4.74 Å². The molecule has 0 spiro atoms. The van der Waals surface area contributed by atoms with Gasteiger partial charge in [0.25, 0.3) is 0 Å². The maximum absolute atomic E-state index is 5.26. The van der Waals surface area contributed by atoms with Crippen LogP contribution in [0.15, 0.2) is 24.5 Å². The van der Waals surface area contributed by atoms with E-state index in [1.54, 1.807) is 7.11 Å². The number of hydrogen-bond acceptors (Lipinski definition) is 3. The standard InChI is InChI=1S/C15H24N2O/c1-13(14-6-5-10-16-12-14)17-15(9-11-18-2)7-3-4-8-15/h5-6,10,12-13,17H,3-4,7-9,11H2,1-2H3/t13-/m0/s1. The quantitative estimate of drug-likeness (QED) is 0.840. The van der Waals surface area contributed by atoms with E-state index in [0.717, 1.165) is 13.0 Å². The lowest BCUT2D eigenvalue weighted by atomic mass is 9.91. The highest BCUT2D eigenvalue weighted by molar-refractivity contribution is 5.14. The van der Waals surface area contributed by atoms with E-state index in [0.29, 0.717) is 6.04 Å². The second-order valence-electron chi connectivity index (χ2n) is 5.38. The van der Waals surface area contributed by atoms with Crippen molar-refractivity contribution < 1.29 is 4.74 Å². The fourth-order valence-corrected chi connectivity index (χ4v) is 2.99. The summed E-state index contributed by atoms with van der Waals surface area (Å²) in [5.74, 6) is 0. The van der Waals surface area contributed by atoms with Crippen LogP contribution in [0.5, 0.6) is 0 Å². The molecule has 1 saturated carbocycles. The van der Waals surface area contributed by atoms with Crippen molar-refractivity contribution in [1.29, 1.82) is 0 Å². The number of rotatable bonds is 6. The third-order valence-corrected chi connectivity index (χ3v) is 4.05. The predicted molar refractivity (Wildman–Crippen MR) is 73.5 cm³/mol. The van der Waals surface area contributed by atoms with Gasteiger partial charge in [-0.1, -0.05) is 18.9 Å². The normalized spacial score (nSPS) is 19.9. The van der Waals surface area contributed by atoms with Crippen LogP contribution in [0.2, 0.25) is 0 Å². The first-order valence-electron chi connectivity index (χ1n) is 6.92. The Morgan fingerprint density at radius 1 is 1.44 bits per heavy atom. The van der Waals surface area contributed by atoms with Gasteiger partial charge in [0.1, 0.15) is 0 Å².